The van der Waals surface area contributed by atoms with Crippen LogP contribution in [-0.4, -0.2) is 22.6 Å². The van der Waals surface area contributed by atoms with Crippen molar-refractivity contribution < 1.29 is 29.7 Å². The van der Waals surface area contributed by atoms with E-state index >= 15 is 0 Å². The summed E-state index contributed by atoms with van der Waals surface area (Å²) in [6.45, 7) is 0. The van der Waals surface area contributed by atoms with E-state index in [0.717, 1.165) is 0 Å². The Balaban J connectivity index is 0.00000180. The van der Waals surface area contributed by atoms with Crippen LogP contribution in [0.15, 0.2) is 58.5 Å². The third kappa shape index (κ3) is 4.30. The zero-order valence-electron chi connectivity index (χ0n) is 10.3. The second kappa shape index (κ2) is 7.44. The Morgan fingerprint density at radius 2 is 1.05 bits per heavy atom. The fourth-order valence-corrected chi connectivity index (χ4v) is 1.37. The molecular weight excluding hydrogens is 294 g/mol. The largest absolute Gasteiger partial charge is 2.00 e. The molecule has 0 aromatic heterocycles. The molecule has 90 valence electrons. The molecule has 0 aliphatic heterocycles. The molecule has 0 aliphatic rings. The molecule has 0 heterocycles. The molecular formula is C14H12N2O2Zn+2. The van der Waals surface area contributed by atoms with Crippen LogP contribution in [0, 0.1) is 0 Å². The van der Waals surface area contributed by atoms with Gasteiger partial charge in [-0.2, -0.15) is 0 Å². The van der Waals surface area contributed by atoms with Crippen LogP contribution in [0.25, 0.3) is 0 Å². The van der Waals surface area contributed by atoms with E-state index in [2.05, 4.69) is 9.98 Å². The Labute approximate surface area is 123 Å². The normalized spacial score (nSPS) is 10.7. The molecule has 0 bridgehead atoms. The van der Waals surface area contributed by atoms with Crippen molar-refractivity contribution in [1.29, 1.82) is 0 Å². The third-order valence-electron chi connectivity index (χ3n) is 2.26. The number of aliphatic imine (C=N–C) groups is 2. The van der Waals surface area contributed by atoms with E-state index in [-0.39, 0.29) is 31.0 Å². The van der Waals surface area contributed by atoms with Crippen molar-refractivity contribution in [2.75, 3.05) is 0 Å². The van der Waals surface area contributed by atoms with Gasteiger partial charge in [0.1, 0.15) is 22.9 Å². The average molecular weight is 306 g/mol. The molecule has 0 saturated heterocycles. The van der Waals surface area contributed by atoms with Crippen LogP contribution in [-0.2, 0) is 19.5 Å². The van der Waals surface area contributed by atoms with Crippen molar-refractivity contribution in [3.63, 3.8) is 0 Å². The van der Waals surface area contributed by atoms with Gasteiger partial charge in [0.25, 0.3) is 0 Å². The minimum atomic E-state index is 0. The molecule has 0 amide bonds. The Kier molecular flexibility index (Phi) is 5.90. The first-order valence-electron chi connectivity index (χ1n) is 5.40. The summed E-state index contributed by atoms with van der Waals surface area (Å²) in [5.41, 5.74) is 0.947. The van der Waals surface area contributed by atoms with E-state index in [4.69, 9.17) is 0 Å². The molecule has 0 unspecified atom stereocenters. The molecule has 5 heteroatoms. The summed E-state index contributed by atoms with van der Waals surface area (Å²) in [5, 5.41) is 18.9. The summed E-state index contributed by atoms with van der Waals surface area (Å²) >= 11 is 0. The van der Waals surface area contributed by atoms with E-state index in [1.807, 2.05) is 0 Å². The van der Waals surface area contributed by atoms with Gasteiger partial charge in [-0.05, 0) is 24.3 Å². The van der Waals surface area contributed by atoms with Crippen LogP contribution in [0.2, 0.25) is 0 Å². The molecule has 0 spiro atoms. The van der Waals surface area contributed by atoms with Crippen molar-refractivity contribution in [3.8, 4) is 11.5 Å². The molecule has 2 aromatic carbocycles. The predicted molar refractivity (Wildman–Crippen MR) is 72.5 cm³/mol. The smallest absolute Gasteiger partial charge is 0.506 e. The fraction of sp³-hybridized carbons (Fsp3) is 0. The van der Waals surface area contributed by atoms with Gasteiger partial charge in [0.2, 0.25) is 0 Å². The minimum Gasteiger partial charge on any atom is -0.506 e. The standard InChI is InChI=1S/C14H12N2O2.Zn/c17-13-7-3-1-5-11(13)15-9-10-16-12-6-2-4-8-14(12)18;/h1-10,17-18H;/q;+2. The van der Waals surface area contributed by atoms with Crippen molar-refractivity contribution in [2.24, 2.45) is 9.98 Å². The first kappa shape index (κ1) is 15.1. The molecule has 0 fully saturated rings. The average Bonchev–Trinajstić information content (AvgIpc) is 2.38. The number of nitrogens with zero attached hydrogens (tertiary/aromatic N) is 2. The van der Waals surface area contributed by atoms with Crippen molar-refractivity contribution in [2.45, 2.75) is 0 Å². The topological polar surface area (TPSA) is 65.2 Å². The second-order valence-corrected chi connectivity index (χ2v) is 3.53. The van der Waals surface area contributed by atoms with E-state index in [9.17, 15) is 10.2 Å². The van der Waals surface area contributed by atoms with Gasteiger partial charge in [0.15, 0.2) is 0 Å². The fourth-order valence-electron chi connectivity index (χ4n) is 1.37. The third-order valence-corrected chi connectivity index (χ3v) is 2.26. The molecule has 0 atom stereocenters. The number of phenols is 2. The van der Waals surface area contributed by atoms with Crippen LogP contribution in [0.1, 0.15) is 0 Å². The molecule has 0 saturated carbocycles. The maximum atomic E-state index is 9.47. The number of hydrogen-bond acceptors (Lipinski definition) is 4. The maximum Gasteiger partial charge on any atom is 2.00 e. The molecule has 19 heavy (non-hydrogen) atoms. The first-order chi connectivity index (χ1) is 8.77. The number of rotatable bonds is 3. The van der Waals surface area contributed by atoms with Crippen LogP contribution in [0.4, 0.5) is 11.4 Å². The van der Waals surface area contributed by atoms with E-state index in [1.54, 1.807) is 48.5 Å². The van der Waals surface area contributed by atoms with Crippen molar-refractivity contribution in [1.82, 2.24) is 0 Å². The van der Waals surface area contributed by atoms with Crippen molar-refractivity contribution in [3.05, 3.63) is 48.5 Å². The number of para-hydroxylation sites is 4. The van der Waals surface area contributed by atoms with Gasteiger partial charge in [0.05, 0.1) is 0 Å². The Bertz CT molecular complexity index is 544. The van der Waals surface area contributed by atoms with Gasteiger partial charge >= 0.3 is 19.5 Å². The zero-order valence-corrected chi connectivity index (χ0v) is 13.2. The van der Waals surface area contributed by atoms with E-state index < -0.39 is 0 Å². The number of benzene rings is 2. The molecule has 2 aromatic rings. The monoisotopic (exact) mass is 304 g/mol. The van der Waals surface area contributed by atoms with Crippen LogP contribution in [0.3, 0.4) is 0 Å². The van der Waals surface area contributed by atoms with Crippen LogP contribution in [0.5, 0.6) is 11.5 Å². The van der Waals surface area contributed by atoms with E-state index in [1.165, 1.54) is 12.4 Å². The van der Waals surface area contributed by atoms with Gasteiger partial charge in [-0.1, -0.05) is 24.3 Å². The zero-order chi connectivity index (χ0) is 12.8. The number of aromatic hydroxyl groups is 2. The number of hydrogen-bond donors (Lipinski definition) is 2. The summed E-state index contributed by atoms with van der Waals surface area (Å²) in [7, 11) is 0. The summed E-state index contributed by atoms with van der Waals surface area (Å²) < 4.78 is 0. The summed E-state index contributed by atoms with van der Waals surface area (Å²) in [4.78, 5) is 8.09. The molecule has 0 radical (unpaired) electrons. The Hall–Kier alpha value is -2.00. The molecule has 2 rings (SSSR count). The summed E-state index contributed by atoms with van der Waals surface area (Å²) in [5.74, 6) is 0.231. The van der Waals surface area contributed by atoms with Gasteiger partial charge in [-0.3, -0.25) is 9.98 Å². The van der Waals surface area contributed by atoms with Gasteiger partial charge in [0, 0.05) is 12.4 Å². The van der Waals surface area contributed by atoms with Crippen LogP contribution < -0.4 is 0 Å². The second-order valence-electron chi connectivity index (χ2n) is 3.53. The Morgan fingerprint density at radius 3 is 1.42 bits per heavy atom. The number of phenolic OH excluding ortho intramolecular Hbond substituents is 2. The molecule has 2 N–H and O–H groups in total. The SMILES string of the molecule is Oc1ccccc1N=CC=Nc1ccccc1O.[Zn+2]. The predicted octanol–water partition coefficient (Wildman–Crippen LogP) is 3.20. The summed E-state index contributed by atoms with van der Waals surface area (Å²) in [6.07, 6.45) is 2.92. The van der Waals surface area contributed by atoms with E-state index in [0.29, 0.717) is 11.4 Å². The molecule has 0 aliphatic carbocycles. The quantitative estimate of drug-likeness (QED) is 0.675. The van der Waals surface area contributed by atoms with Gasteiger partial charge < -0.3 is 10.2 Å². The maximum absolute atomic E-state index is 9.47. The molecule has 4 nitrogen and oxygen atoms in total. The van der Waals surface area contributed by atoms with Crippen LogP contribution >= 0.6 is 0 Å². The van der Waals surface area contributed by atoms with Gasteiger partial charge in [-0.15, -0.1) is 0 Å². The van der Waals surface area contributed by atoms with Gasteiger partial charge in [-0.25, -0.2) is 0 Å². The summed E-state index contributed by atoms with van der Waals surface area (Å²) in [6, 6.07) is 13.5. The minimum absolute atomic E-state index is 0. The van der Waals surface area contributed by atoms with Crippen molar-refractivity contribution >= 4 is 23.8 Å². The Morgan fingerprint density at radius 1 is 0.684 bits per heavy atom. The first-order valence-corrected chi connectivity index (χ1v) is 5.40.